The minimum absolute atomic E-state index is 0.0932. The van der Waals surface area contributed by atoms with E-state index < -0.39 is 6.10 Å². The lowest BCUT2D eigenvalue weighted by molar-refractivity contribution is -0.125. The molecule has 3 heteroatoms. The molecule has 0 saturated heterocycles. The van der Waals surface area contributed by atoms with Crippen LogP contribution in [0, 0.1) is 11.8 Å². The van der Waals surface area contributed by atoms with Gasteiger partial charge in [-0.15, -0.1) is 0 Å². The minimum atomic E-state index is -0.437. The highest BCUT2D eigenvalue weighted by molar-refractivity contribution is 5.78. The number of rotatable bonds is 8. The number of hydrogen-bond acceptors (Lipinski definition) is 2. The van der Waals surface area contributed by atoms with Crippen LogP contribution in [0.4, 0.5) is 0 Å². The van der Waals surface area contributed by atoms with Gasteiger partial charge in [0.1, 0.15) is 0 Å². The van der Waals surface area contributed by atoms with Crippen LogP contribution in [-0.2, 0) is 4.79 Å². The Hall–Kier alpha value is -0.570. The van der Waals surface area contributed by atoms with Crippen molar-refractivity contribution in [3.63, 3.8) is 0 Å². The smallest absolute Gasteiger partial charge is 0.223 e. The Morgan fingerprint density at radius 2 is 1.94 bits per heavy atom. The predicted octanol–water partition coefficient (Wildman–Crippen LogP) is 2.34. The maximum Gasteiger partial charge on any atom is 0.223 e. The normalized spacial score (nSPS) is 14.9. The number of aliphatic hydroxyl groups is 1. The molecule has 2 unspecified atom stereocenters. The molecule has 0 aromatic carbocycles. The van der Waals surface area contributed by atoms with Crippen LogP contribution >= 0.6 is 0 Å². The lowest BCUT2D eigenvalue weighted by Crippen LogP contribution is -2.38. The molecule has 0 saturated carbocycles. The number of carbonyl (C=O) groups excluding carboxylic acids is 1. The van der Waals surface area contributed by atoms with E-state index in [9.17, 15) is 9.90 Å². The third-order valence-corrected chi connectivity index (χ3v) is 3.02. The van der Waals surface area contributed by atoms with E-state index in [2.05, 4.69) is 12.2 Å². The van der Waals surface area contributed by atoms with Crippen molar-refractivity contribution in [2.75, 3.05) is 6.54 Å². The Bertz CT molecular complexity index is 192. The average Bonchev–Trinajstić information content (AvgIpc) is 2.26. The summed E-state index contributed by atoms with van der Waals surface area (Å²) in [5.74, 6) is 0.394. The Morgan fingerprint density at radius 1 is 1.31 bits per heavy atom. The fourth-order valence-corrected chi connectivity index (χ4v) is 1.56. The quantitative estimate of drug-likeness (QED) is 0.671. The van der Waals surface area contributed by atoms with Gasteiger partial charge in [-0.3, -0.25) is 4.79 Å². The molecule has 0 aliphatic heterocycles. The van der Waals surface area contributed by atoms with Gasteiger partial charge in [0.05, 0.1) is 6.10 Å². The van der Waals surface area contributed by atoms with Crippen molar-refractivity contribution in [2.45, 2.75) is 59.5 Å². The van der Waals surface area contributed by atoms with Crippen LogP contribution in [0.3, 0.4) is 0 Å². The van der Waals surface area contributed by atoms with Crippen molar-refractivity contribution in [2.24, 2.45) is 11.8 Å². The van der Waals surface area contributed by atoms with Gasteiger partial charge in [0.25, 0.3) is 0 Å². The number of carbonyl (C=O) groups is 1. The van der Waals surface area contributed by atoms with Crippen LogP contribution in [0.15, 0.2) is 0 Å². The van der Waals surface area contributed by atoms with Gasteiger partial charge >= 0.3 is 0 Å². The van der Waals surface area contributed by atoms with Gasteiger partial charge in [0, 0.05) is 12.5 Å². The van der Waals surface area contributed by atoms with Crippen molar-refractivity contribution < 1.29 is 9.90 Å². The molecule has 2 atom stereocenters. The van der Waals surface area contributed by atoms with E-state index >= 15 is 0 Å². The highest BCUT2D eigenvalue weighted by Gasteiger charge is 2.17. The summed E-state index contributed by atoms with van der Waals surface area (Å²) >= 11 is 0. The monoisotopic (exact) mass is 229 g/mol. The molecule has 0 aromatic heterocycles. The molecule has 96 valence electrons. The molecule has 16 heavy (non-hydrogen) atoms. The van der Waals surface area contributed by atoms with E-state index in [0.717, 1.165) is 25.7 Å². The Balaban J connectivity index is 3.92. The van der Waals surface area contributed by atoms with Crippen molar-refractivity contribution in [3.05, 3.63) is 0 Å². The highest BCUT2D eigenvalue weighted by atomic mass is 16.3. The standard InChI is InChI=1S/C13H27NO2/c1-5-7-8-11(6-2)13(16)14-9-12(15)10(3)4/h10-12,15H,5-9H2,1-4H3,(H,14,16). The van der Waals surface area contributed by atoms with Gasteiger partial charge in [-0.25, -0.2) is 0 Å². The molecule has 0 spiro atoms. The summed E-state index contributed by atoms with van der Waals surface area (Å²) in [5.41, 5.74) is 0. The summed E-state index contributed by atoms with van der Waals surface area (Å²) in [7, 11) is 0. The minimum Gasteiger partial charge on any atom is -0.391 e. The van der Waals surface area contributed by atoms with E-state index in [1.165, 1.54) is 0 Å². The molecule has 0 heterocycles. The summed E-state index contributed by atoms with van der Waals surface area (Å²) in [6.07, 6.45) is 3.62. The van der Waals surface area contributed by atoms with Crippen molar-refractivity contribution >= 4 is 5.91 Å². The molecule has 1 amide bonds. The topological polar surface area (TPSA) is 49.3 Å². The molecule has 0 rings (SSSR count). The summed E-state index contributed by atoms with van der Waals surface area (Å²) in [5, 5.41) is 12.4. The number of nitrogens with one attached hydrogen (secondary N) is 1. The van der Waals surface area contributed by atoms with E-state index in [-0.39, 0.29) is 17.7 Å². The first-order valence-electron chi connectivity index (χ1n) is 6.48. The molecule has 0 radical (unpaired) electrons. The van der Waals surface area contributed by atoms with Crippen LogP contribution in [0.2, 0.25) is 0 Å². The van der Waals surface area contributed by atoms with Gasteiger partial charge in [-0.2, -0.15) is 0 Å². The zero-order chi connectivity index (χ0) is 12.6. The van der Waals surface area contributed by atoms with Crippen LogP contribution in [0.25, 0.3) is 0 Å². The van der Waals surface area contributed by atoms with E-state index in [1.54, 1.807) is 0 Å². The van der Waals surface area contributed by atoms with Crippen LogP contribution < -0.4 is 5.32 Å². The molecular formula is C13H27NO2. The summed E-state index contributed by atoms with van der Waals surface area (Å²) in [6.45, 7) is 8.45. The van der Waals surface area contributed by atoms with Crippen molar-refractivity contribution in [3.8, 4) is 0 Å². The molecule has 3 nitrogen and oxygen atoms in total. The van der Waals surface area contributed by atoms with Gasteiger partial charge in [-0.1, -0.05) is 40.5 Å². The Morgan fingerprint density at radius 3 is 2.38 bits per heavy atom. The maximum absolute atomic E-state index is 11.8. The number of unbranched alkanes of at least 4 members (excludes halogenated alkanes) is 1. The Kier molecular flexibility index (Phi) is 8.26. The zero-order valence-electron chi connectivity index (χ0n) is 11.1. The second kappa shape index (κ2) is 8.57. The SMILES string of the molecule is CCCCC(CC)C(=O)NCC(O)C(C)C. The third kappa shape index (κ3) is 6.11. The van der Waals surface area contributed by atoms with E-state index in [0.29, 0.717) is 6.54 Å². The van der Waals surface area contributed by atoms with Gasteiger partial charge in [0.15, 0.2) is 0 Å². The number of hydrogen-bond donors (Lipinski definition) is 2. The lowest BCUT2D eigenvalue weighted by atomic mass is 9.98. The van der Waals surface area contributed by atoms with Crippen molar-refractivity contribution in [1.29, 1.82) is 0 Å². The average molecular weight is 229 g/mol. The van der Waals surface area contributed by atoms with Crippen LogP contribution in [0.5, 0.6) is 0 Å². The first kappa shape index (κ1) is 15.4. The fraction of sp³-hybridized carbons (Fsp3) is 0.923. The van der Waals surface area contributed by atoms with Gasteiger partial charge in [-0.05, 0) is 18.8 Å². The molecule has 0 aliphatic carbocycles. The second-order valence-corrected chi connectivity index (χ2v) is 4.80. The Labute approximate surface area is 99.6 Å². The molecular weight excluding hydrogens is 202 g/mol. The van der Waals surface area contributed by atoms with Crippen molar-refractivity contribution in [1.82, 2.24) is 5.32 Å². The van der Waals surface area contributed by atoms with E-state index in [4.69, 9.17) is 0 Å². The van der Waals surface area contributed by atoms with Gasteiger partial charge in [0.2, 0.25) is 5.91 Å². The third-order valence-electron chi connectivity index (χ3n) is 3.02. The maximum atomic E-state index is 11.8. The number of aliphatic hydroxyl groups excluding tert-OH is 1. The molecule has 0 bridgehead atoms. The summed E-state index contributed by atoms with van der Waals surface area (Å²) in [4.78, 5) is 11.8. The second-order valence-electron chi connectivity index (χ2n) is 4.80. The van der Waals surface area contributed by atoms with Crippen LogP contribution in [0.1, 0.15) is 53.4 Å². The summed E-state index contributed by atoms with van der Waals surface area (Å²) < 4.78 is 0. The molecule has 0 fully saturated rings. The highest BCUT2D eigenvalue weighted by Crippen LogP contribution is 2.12. The molecule has 0 aromatic rings. The summed E-state index contributed by atoms with van der Waals surface area (Å²) in [6, 6.07) is 0. The van der Waals surface area contributed by atoms with Gasteiger partial charge < -0.3 is 10.4 Å². The zero-order valence-corrected chi connectivity index (χ0v) is 11.1. The predicted molar refractivity (Wildman–Crippen MR) is 67.2 cm³/mol. The largest absolute Gasteiger partial charge is 0.391 e. The molecule has 2 N–H and O–H groups in total. The first-order chi connectivity index (χ1) is 7.52. The van der Waals surface area contributed by atoms with E-state index in [1.807, 2.05) is 20.8 Å². The van der Waals surface area contributed by atoms with Crippen LogP contribution in [-0.4, -0.2) is 23.7 Å². The fourth-order valence-electron chi connectivity index (χ4n) is 1.56. The number of amides is 1. The molecule has 0 aliphatic rings. The lowest BCUT2D eigenvalue weighted by Gasteiger charge is -2.18. The first-order valence-corrected chi connectivity index (χ1v) is 6.48.